The highest BCUT2D eigenvalue weighted by molar-refractivity contribution is 7.16. The second-order valence-electron chi connectivity index (χ2n) is 9.38. The van der Waals surface area contributed by atoms with Gasteiger partial charge >= 0.3 is 0 Å². The lowest BCUT2D eigenvalue weighted by molar-refractivity contribution is 0.0948. The highest BCUT2D eigenvalue weighted by Crippen LogP contribution is 2.40. The molecule has 5 aromatic rings. The van der Waals surface area contributed by atoms with Gasteiger partial charge in [-0.15, -0.1) is 11.3 Å². The zero-order valence-corrected chi connectivity index (χ0v) is 22.9. The van der Waals surface area contributed by atoms with E-state index in [1.165, 1.54) is 4.88 Å². The van der Waals surface area contributed by atoms with Gasteiger partial charge in [0.2, 0.25) is 0 Å². The van der Waals surface area contributed by atoms with Crippen LogP contribution in [0.15, 0.2) is 76.5 Å². The second-order valence-corrected chi connectivity index (χ2v) is 11.3. The first-order valence-electron chi connectivity index (χ1n) is 12.6. The lowest BCUT2D eigenvalue weighted by Crippen LogP contribution is -2.23. The number of furan rings is 1. The molecule has 192 valence electrons. The monoisotopic (exact) mass is 561 g/mol. The SMILES string of the molecule is O=C(NCc1ccco1)c1c(/N=C/c2cn(Cc3ccc(Cl)cc3Cl)c3ccccc23)sc2c1CCCC2. The third-order valence-corrected chi connectivity index (χ3v) is 8.67. The van der Waals surface area contributed by atoms with Gasteiger partial charge in [-0.3, -0.25) is 4.79 Å². The van der Waals surface area contributed by atoms with Crippen molar-refractivity contribution < 1.29 is 9.21 Å². The normalized spacial score (nSPS) is 13.3. The predicted octanol–water partition coefficient (Wildman–Crippen LogP) is 8.21. The molecule has 8 heteroatoms. The van der Waals surface area contributed by atoms with E-state index in [2.05, 4.69) is 28.2 Å². The zero-order chi connectivity index (χ0) is 26.1. The number of amides is 1. The number of carbonyl (C=O) groups is 1. The van der Waals surface area contributed by atoms with Crippen molar-refractivity contribution in [2.45, 2.75) is 38.8 Å². The van der Waals surface area contributed by atoms with Gasteiger partial charge in [-0.25, -0.2) is 4.99 Å². The van der Waals surface area contributed by atoms with Crippen LogP contribution < -0.4 is 5.32 Å². The number of aliphatic imine (C=N–C) groups is 1. The molecule has 0 atom stereocenters. The van der Waals surface area contributed by atoms with E-state index in [-0.39, 0.29) is 5.91 Å². The molecule has 0 saturated carbocycles. The maximum absolute atomic E-state index is 13.3. The Kier molecular flexibility index (Phi) is 7.11. The van der Waals surface area contributed by atoms with E-state index >= 15 is 0 Å². The molecular formula is C30H25Cl2N3O2S. The van der Waals surface area contributed by atoms with Crippen LogP contribution in [0.25, 0.3) is 10.9 Å². The van der Waals surface area contributed by atoms with E-state index in [0.717, 1.165) is 64.0 Å². The van der Waals surface area contributed by atoms with Crippen LogP contribution in [0.3, 0.4) is 0 Å². The summed E-state index contributed by atoms with van der Waals surface area (Å²) in [5, 5.41) is 6.12. The van der Waals surface area contributed by atoms with Crippen LogP contribution in [0.4, 0.5) is 5.00 Å². The van der Waals surface area contributed by atoms with Crippen LogP contribution in [0.5, 0.6) is 0 Å². The summed E-state index contributed by atoms with van der Waals surface area (Å²) in [5.41, 5.74) is 4.90. The number of benzene rings is 2. The highest BCUT2D eigenvalue weighted by Gasteiger charge is 2.25. The smallest absolute Gasteiger partial charge is 0.255 e. The average molecular weight is 563 g/mol. The van der Waals surface area contributed by atoms with Gasteiger partial charge < -0.3 is 14.3 Å². The molecule has 0 radical (unpaired) electrons. The molecule has 0 unspecified atom stereocenters. The first kappa shape index (κ1) is 25.0. The van der Waals surface area contributed by atoms with Crippen molar-refractivity contribution in [3.8, 4) is 0 Å². The van der Waals surface area contributed by atoms with Crippen molar-refractivity contribution in [2.75, 3.05) is 0 Å². The van der Waals surface area contributed by atoms with Gasteiger partial charge in [0, 0.05) is 50.3 Å². The zero-order valence-electron chi connectivity index (χ0n) is 20.5. The molecule has 0 saturated heterocycles. The average Bonchev–Trinajstić information content (AvgIpc) is 3.65. The fraction of sp³-hybridized carbons (Fsp3) is 0.200. The molecule has 1 N–H and O–H groups in total. The summed E-state index contributed by atoms with van der Waals surface area (Å²) >= 11 is 14.2. The molecule has 2 aromatic carbocycles. The van der Waals surface area contributed by atoms with Gasteiger partial charge in [-0.2, -0.15) is 0 Å². The molecule has 5 nitrogen and oxygen atoms in total. The van der Waals surface area contributed by atoms with E-state index < -0.39 is 0 Å². The number of carbonyl (C=O) groups excluding carboxylic acids is 1. The fourth-order valence-corrected chi connectivity index (χ4v) is 6.71. The number of thiophene rings is 1. The number of aromatic nitrogens is 1. The Morgan fingerprint density at radius 2 is 1.97 bits per heavy atom. The van der Waals surface area contributed by atoms with Gasteiger partial charge in [-0.1, -0.05) is 47.5 Å². The Balaban J connectivity index is 1.33. The molecule has 0 spiro atoms. The van der Waals surface area contributed by atoms with Crippen LogP contribution in [0, 0.1) is 0 Å². The van der Waals surface area contributed by atoms with Crippen molar-refractivity contribution in [3.05, 3.63) is 110 Å². The Morgan fingerprint density at radius 3 is 2.82 bits per heavy atom. The molecule has 3 aromatic heterocycles. The summed E-state index contributed by atoms with van der Waals surface area (Å²) < 4.78 is 7.56. The number of hydrogen-bond donors (Lipinski definition) is 1. The third kappa shape index (κ3) is 5.04. The van der Waals surface area contributed by atoms with Gasteiger partial charge in [0.15, 0.2) is 0 Å². The van der Waals surface area contributed by atoms with Crippen molar-refractivity contribution in [1.29, 1.82) is 0 Å². The number of hydrogen-bond acceptors (Lipinski definition) is 4. The first-order chi connectivity index (χ1) is 18.6. The topological polar surface area (TPSA) is 59.5 Å². The van der Waals surface area contributed by atoms with E-state index in [1.807, 2.05) is 42.6 Å². The van der Waals surface area contributed by atoms with Crippen LogP contribution >= 0.6 is 34.5 Å². The van der Waals surface area contributed by atoms with E-state index in [9.17, 15) is 4.79 Å². The lowest BCUT2D eigenvalue weighted by atomic mass is 9.95. The number of para-hydroxylation sites is 1. The number of nitrogens with zero attached hydrogens (tertiary/aromatic N) is 2. The molecule has 1 aliphatic rings. The Hall–Kier alpha value is -3.32. The number of halogens is 2. The number of rotatable bonds is 7. The summed E-state index contributed by atoms with van der Waals surface area (Å²) in [4.78, 5) is 19.5. The molecule has 38 heavy (non-hydrogen) atoms. The Labute approximate surface area is 234 Å². The molecular weight excluding hydrogens is 537 g/mol. The molecule has 1 amide bonds. The summed E-state index contributed by atoms with van der Waals surface area (Å²) in [5.74, 6) is 0.619. The van der Waals surface area contributed by atoms with Gasteiger partial charge in [0.05, 0.1) is 18.4 Å². The van der Waals surface area contributed by atoms with E-state index in [1.54, 1.807) is 23.7 Å². The maximum Gasteiger partial charge on any atom is 0.255 e. The minimum Gasteiger partial charge on any atom is -0.467 e. The first-order valence-corrected chi connectivity index (χ1v) is 14.1. The predicted molar refractivity (Wildman–Crippen MR) is 156 cm³/mol. The Morgan fingerprint density at radius 1 is 1.11 bits per heavy atom. The molecule has 6 rings (SSSR count). The van der Waals surface area contributed by atoms with Crippen LogP contribution in [-0.2, 0) is 25.9 Å². The highest BCUT2D eigenvalue weighted by atomic mass is 35.5. The van der Waals surface area contributed by atoms with Crippen LogP contribution in [0.2, 0.25) is 10.0 Å². The van der Waals surface area contributed by atoms with Gasteiger partial charge in [0.25, 0.3) is 5.91 Å². The summed E-state index contributed by atoms with van der Waals surface area (Å²) in [7, 11) is 0. The molecule has 1 aliphatic carbocycles. The van der Waals surface area contributed by atoms with Crippen molar-refractivity contribution >= 4 is 62.6 Å². The van der Waals surface area contributed by atoms with Crippen molar-refractivity contribution in [2.24, 2.45) is 4.99 Å². The van der Waals surface area contributed by atoms with E-state index in [0.29, 0.717) is 28.7 Å². The minimum atomic E-state index is -0.104. The number of fused-ring (bicyclic) bond motifs is 2. The number of nitrogens with one attached hydrogen (secondary N) is 1. The number of aryl methyl sites for hydroxylation is 1. The quantitative estimate of drug-likeness (QED) is 0.203. The van der Waals surface area contributed by atoms with Crippen LogP contribution in [-0.4, -0.2) is 16.7 Å². The van der Waals surface area contributed by atoms with Gasteiger partial charge in [0.1, 0.15) is 10.8 Å². The third-order valence-electron chi connectivity index (χ3n) is 6.88. The minimum absolute atomic E-state index is 0.104. The molecule has 0 aliphatic heterocycles. The van der Waals surface area contributed by atoms with Crippen molar-refractivity contribution in [3.63, 3.8) is 0 Å². The molecule has 0 fully saturated rings. The summed E-state index contributed by atoms with van der Waals surface area (Å²) in [6, 6.07) is 17.5. The lowest BCUT2D eigenvalue weighted by Gasteiger charge is -2.12. The van der Waals surface area contributed by atoms with Crippen LogP contribution in [0.1, 0.15) is 50.5 Å². The fourth-order valence-electron chi connectivity index (χ4n) is 5.02. The van der Waals surface area contributed by atoms with E-state index in [4.69, 9.17) is 32.6 Å². The Bertz CT molecular complexity index is 1650. The standard InChI is InChI=1S/C30H25Cl2N3O2S/c31-21-12-11-19(25(32)14-21)17-35-18-20(23-7-1-3-9-26(23)35)15-34-30-28(24-8-2-4-10-27(24)38-30)29(36)33-16-22-6-5-13-37-22/h1,3,5-7,9,11-15,18H,2,4,8,10,16-17H2,(H,33,36)/b34-15+. The summed E-state index contributed by atoms with van der Waals surface area (Å²) in [6.45, 7) is 0.957. The largest absolute Gasteiger partial charge is 0.467 e. The second kappa shape index (κ2) is 10.8. The summed E-state index contributed by atoms with van der Waals surface area (Å²) in [6.07, 6.45) is 9.71. The van der Waals surface area contributed by atoms with Gasteiger partial charge in [-0.05, 0) is 67.1 Å². The molecule has 0 bridgehead atoms. The molecule has 3 heterocycles. The maximum atomic E-state index is 13.3. The van der Waals surface area contributed by atoms with Crippen molar-refractivity contribution in [1.82, 2.24) is 9.88 Å².